The quantitative estimate of drug-likeness (QED) is 0.878. The number of likely N-dealkylation sites (tertiary alicyclic amines) is 1. The Morgan fingerprint density at radius 2 is 1.79 bits per heavy atom. The SMILES string of the molecule is O=C(c1ccccc1)N1CCC(c2ccc[nH]2)CC1. The zero-order valence-electron chi connectivity index (χ0n) is 10.9. The summed E-state index contributed by atoms with van der Waals surface area (Å²) in [6.07, 6.45) is 4.05. The molecule has 2 heterocycles. The Morgan fingerprint density at radius 3 is 2.42 bits per heavy atom. The molecule has 1 saturated heterocycles. The van der Waals surface area contributed by atoms with Crippen LogP contribution in [0.25, 0.3) is 0 Å². The van der Waals surface area contributed by atoms with Crippen LogP contribution in [-0.2, 0) is 0 Å². The van der Waals surface area contributed by atoms with Gasteiger partial charge in [-0.05, 0) is 37.1 Å². The van der Waals surface area contributed by atoms with Crippen LogP contribution in [0.1, 0.15) is 34.8 Å². The Balaban J connectivity index is 1.63. The van der Waals surface area contributed by atoms with Gasteiger partial charge in [0.05, 0.1) is 0 Å². The number of rotatable bonds is 2. The van der Waals surface area contributed by atoms with Crippen LogP contribution >= 0.6 is 0 Å². The van der Waals surface area contributed by atoms with Gasteiger partial charge >= 0.3 is 0 Å². The predicted molar refractivity (Wildman–Crippen MR) is 75.1 cm³/mol. The van der Waals surface area contributed by atoms with Crippen molar-refractivity contribution in [3.63, 3.8) is 0 Å². The molecule has 0 saturated carbocycles. The molecule has 3 nitrogen and oxygen atoms in total. The Morgan fingerprint density at radius 1 is 1.05 bits per heavy atom. The maximum atomic E-state index is 12.3. The third kappa shape index (κ3) is 2.55. The minimum Gasteiger partial charge on any atom is -0.365 e. The van der Waals surface area contributed by atoms with Crippen molar-refractivity contribution < 1.29 is 4.79 Å². The lowest BCUT2D eigenvalue weighted by atomic mass is 9.93. The second kappa shape index (κ2) is 5.31. The van der Waals surface area contributed by atoms with Gasteiger partial charge < -0.3 is 9.88 Å². The monoisotopic (exact) mass is 254 g/mol. The van der Waals surface area contributed by atoms with Crippen LogP contribution in [0.2, 0.25) is 0 Å². The number of piperidine rings is 1. The first-order chi connectivity index (χ1) is 9.34. The highest BCUT2D eigenvalue weighted by Gasteiger charge is 2.24. The van der Waals surface area contributed by atoms with Gasteiger partial charge in [-0.2, -0.15) is 0 Å². The molecule has 3 rings (SSSR count). The second-order valence-electron chi connectivity index (χ2n) is 5.06. The summed E-state index contributed by atoms with van der Waals surface area (Å²) in [5.74, 6) is 0.723. The number of nitrogens with zero attached hydrogens (tertiary/aromatic N) is 1. The van der Waals surface area contributed by atoms with Crippen LogP contribution in [0.3, 0.4) is 0 Å². The lowest BCUT2D eigenvalue weighted by molar-refractivity contribution is 0.0712. The molecule has 19 heavy (non-hydrogen) atoms. The number of aromatic nitrogens is 1. The Kier molecular flexibility index (Phi) is 3.36. The van der Waals surface area contributed by atoms with Gasteiger partial charge in [0.1, 0.15) is 0 Å². The molecule has 1 aliphatic heterocycles. The molecular formula is C16H18N2O. The van der Waals surface area contributed by atoms with Gasteiger partial charge in [-0.3, -0.25) is 4.79 Å². The largest absolute Gasteiger partial charge is 0.365 e. The van der Waals surface area contributed by atoms with E-state index in [1.165, 1.54) is 5.69 Å². The summed E-state index contributed by atoms with van der Waals surface area (Å²) in [5.41, 5.74) is 2.09. The van der Waals surface area contributed by atoms with Crippen LogP contribution in [-0.4, -0.2) is 28.9 Å². The average molecular weight is 254 g/mol. The third-order valence-corrected chi connectivity index (χ3v) is 3.86. The van der Waals surface area contributed by atoms with Crippen molar-refractivity contribution in [1.82, 2.24) is 9.88 Å². The number of carbonyl (C=O) groups excluding carboxylic acids is 1. The summed E-state index contributed by atoms with van der Waals surface area (Å²) in [7, 11) is 0. The topological polar surface area (TPSA) is 36.1 Å². The van der Waals surface area contributed by atoms with E-state index < -0.39 is 0 Å². The van der Waals surface area contributed by atoms with Crippen LogP contribution in [0.5, 0.6) is 0 Å². The van der Waals surface area contributed by atoms with E-state index in [9.17, 15) is 4.79 Å². The van der Waals surface area contributed by atoms with Gasteiger partial charge in [-0.15, -0.1) is 0 Å². The Hall–Kier alpha value is -2.03. The molecule has 2 aromatic rings. The van der Waals surface area contributed by atoms with E-state index in [2.05, 4.69) is 11.1 Å². The van der Waals surface area contributed by atoms with E-state index in [1.54, 1.807) is 0 Å². The molecule has 1 aliphatic rings. The van der Waals surface area contributed by atoms with Crippen molar-refractivity contribution in [3.8, 4) is 0 Å². The van der Waals surface area contributed by atoms with E-state index in [0.29, 0.717) is 5.92 Å². The zero-order valence-corrected chi connectivity index (χ0v) is 10.9. The van der Waals surface area contributed by atoms with Gasteiger partial charge in [0.25, 0.3) is 5.91 Å². The number of carbonyl (C=O) groups is 1. The maximum absolute atomic E-state index is 12.3. The molecule has 0 aliphatic carbocycles. The van der Waals surface area contributed by atoms with Gasteiger partial charge in [-0.1, -0.05) is 18.2 Å². The molecule has 0 unspecified atom stereocenters. The van der Waals surface area contributed by atoms with Crippen LogP contribution in [0.15, 0.2) is 48.7 Å². The minimum atomic E-state index is 0.158. The molecule has 1 amide bonds. The first kappa shape index (κ1) is 12.0. The Bertz CT molecular complexity index is 525. The fourth-order valence-corrected chi connectivity index (χ4v) is 2.76. The molecule has 0 spiro atoms. The summed E-state index contributed by atoms with van der Waals surface area (Å²) in [4.78, 5) is 17.6. The molecule has 1 aromatic heterocycles. The van der Waals surface area contributed by atoms with E-state index in [4.69, 9.17) is 0 Å². The molecule has 1 fully saturated rings. The van der Waals surface area contributed by atoms with E-state index in [-0.39, 0.29) is 5.91 Å². The highest BCUT2D eigenvalue weighted by Crippen LogP contribution is 2.27. The Labute approximate surface area is 113 Å². The third-order valence-electron chi connectivity index (χ3n) is 3.86. The normalized spacial score (nSPS) is 16.5. The van der Waals surface area contributed by atoms with Crippen molar-refractivity contribution in [2.45, 2.75) is 18.8 Å². The van der Waals surface area contributed by atoms with E-state index >= 15 is 0 Å². The van der Waals surface area contributed by atoms with Crippen molar-refractivity contribution in [2.24, 2.45) is 0 Å². The van der Waals surface area contributed by atoms with Crippen LogP contribution in [0, 0.1) is 0 Å². The molecule has 98 valence electrons. The number of H-pyrrole nitrogens is 1. The fraction of sp³-hybridized carbons (Fsp3) is 0.312. The number of hydrogen-bond donors (Lipinski definition) is 1. The number of benzene rings is 1. The molecule has 1 N–H and O–H groups in total. The first-order valence-corrected chi connectivity index (χ1v) is 6.82. The molecule has 1 aromatic carbocycles. The number of amides is 1. The zero-order chi connectivity index (χ0) is 13.1. The summed E-state index contributed by atoms with van der Waals surface area (Å²) < 4.78 is 0. The van der Waals surface area contributed by atoms with Crippen LogP contribution in [0.4, 0.5) is 0 Å². The summed E-state index contributed by atoms with van der Waals surface area (Å²) >= 11 is 0. The van der Waals surface area contributed by atoms with Crippen LogP contribution < -0.4 is 0 Å². The van der Waals surface area contributed by atoms with Gasteiger partial charge in [0, 0.05) is 36.5 Å². The van der Waals surface area contributed by atoms with Gasteiger partial charge in [0.2, 0.25) is 0 Å². The lowest BCUT2D eigenvalue weighted by Gasteiger charge is -2.31. The average Bonchev–Trinajstić information content (AvgIpc) is 3.02. The fourth-order valence-electron chi connectivity index (χ4n) is 2.76. The molecule has 0 bridgehead atoms. The van der Waals surface area contributed by atoms with Gasteiger partial charge in [-0.25, -0.2) is 0 Å². The highest BCUT2D eigenvalue weighted by atomic mass is 16.2. The van der Waals surface area contributed by atoms with Crippen molar-refractivity contribution >= 4 is 5.91 Å². The molecule has 0 radical (unpaired) electrons. The van der Waals surface area contributed by atoms with Gasteiger partial charge in [0.15, 0.2) is 0 Å². The smallest absolute Gasteiger partial charge is 0.253 e. The van der Waals surface area contributed by atoms with E-state index in [0.717, 1.165) is 31.5 Å². The number of aromatic amines is 1. The molecule has 0 atom stereocenters. The predicted octanol–water partition coefficient (Wildman–Crippen LogP) is 3.03. The lowest BCUT2D eigenvalue weighted by Crippen LogP contribution is -2.37. The summed E-state index contributed by atoms with van der Waals surface area (Å²) in [6.45, 7) is 1.69. The summed E-state index contributed by atoms with van der Waals surface area (Å²) in [6, 6.07) is 13.7. The second-order valence-corrected chi connectivity index (χ2v) is 5.06. The molecular weight excluding hydrogens is 236 g/mol. The first-order valence-electron chi connectivity index (χ1n) is 6.82. The van der Waals surface area contributed by atoms with Crippen molar-refractivity contribution in [1.29, 1.82) is 0 Å². The molecule has 3 heteroatoms. The van der Waals surface area contributed by atoms with E-state index in [1.807, 2.05) is 47.5 Å². The number of nitrogens with one attached hydrogen (secondary N) is 1. The standard InChI is InChI=1S/C16H18N2O/c19-16(14-5-2-1-3-6-14)18-11-8-13(9-12-18)15-7-4-10-17-15/h1-7,10,13,17H,8-9,11-12H2. The van der Waals surface area contributed by atoms with Crippen molar-refractivity contribution in [2.75, 3.05) is 13.1 Å². The minimum absolute atomic E-state index is 0.158. The highest BCUT2D eigenvalue weighted by molar-refractivity contribution is 5.94. The van der Waals surface area contributed by atoms with Crippen molar-refractivity contribution in [3.05, 3.63) is 59.9 Å². The maximum Gasteiger partial charge on any atom is 0.253 e. The number of hydrogen-bond acceptors (Lipinski definition) is 1. The summed E-state index contributed by atoms with van der Waals surface area (Å²) in [5, 5.41) is 0.